The SMILES string of the molecule is [B]c1c([B])c([B])c(-c2cccc(-c3nc(-c4ccccc4)nc(-c4cccc5oc6cccc(-c7ccccc7)c6c45)n3)c2)c([B])c1[B]. The normalized spacial score (nSPS) is 11.3. The summed E-state index contributed by atoms with van der Waals surface area (Å²) in [6, 6.07) is 39.7. The summed E-state index contributed by atoms with van der Waals surface area (Å²) in [5.41, 5.74) is 8.28. The van der Waals surface area contributed by atoms with Gasteiger partial charge in [0.2, 0.25) is 0 Å². The molecule has 0 aliphatic heterocycles. The van der Waals surface area contributed by atoms with Crippen LogP contribution in [0.4, 0.5) is 0 Å². The van der Waals surface area contributed by atoms with Crippen molar-refractivity contribution in [1.82, 2.24) is 15.0 Å². The first-order valence-corrected chi connectivity index (χ1v) is 15.3. The molecule has 0 spiro atoms. The molecule has 0 aliphatic carbocycles. The van der Waals surface area contributed by atoms with E-state index in [0.29, 0.717) is 28.6 Å². The second-order valence-corrected chi connectivity index (χ2v) is 11.5. The van der Waals surface area contributed by atoms with Crippen molar-refractivity contribution in [2.24, 2.45) is 0 Å². The molecule has 8 rings (SSSR count). The maximum atomic E-state index is 6.43. The average Bonchev–Trinajstić information content (AvgIpc) is 3.53. The predicted octanol–water partition coefficient (Wildman–Crippen LogP) is 4.08. The van der Waals surface area contributed by atoms with Gasteiger partial charge in [-0.25, -0.2) is 15.0 Å². The predicted molar refractivity (Wildman–Crippen MR) is 201 cm³/mol. The van der Waals surface area contributed by atoms with Gasteiger partial charge in [0.15, 0.2) is 17.5 Å². The maximum Gasteiger partial charge on any atom is 0.164 e. The van der Waals surface area contributed by atoms with Crippen LogP contribution in [0.15, 0.2) is 126 Å². The first kappa shape index (κ1) is 29.8. The van der Waals surface area contributed by atoms with Crippen LogP contribution >= 0.6 is 0 Å². The Bertz CT molecular complexity index is 2490. The van der Waals surface area contributed by atoms with Crippen LogP contribution in [0.25, 0.3) is 78.4 Å². The quantitative estimate of drug-likeness (QED) is 0.280. The van der Waals surface area contributed by atoms with E-state index in [1.54, 1.807) is 0 Å². The maximum absolute atomic E-state index is 6.43. The highest BCUT2D eigenvalue weighted by molar-refractivity contribution is 6.68. The molecule has 0 N–H and O–H groups in total. The Labute approximate surface area is 284 Å². The monoisotopic (exact) mass is 601 g/mol. The first-order valence-electron chi connectivity index (χ1n) is 15.3. The molecule has 6 aromatic carbocycles. The number of rotatable bonds is 5. The molecule has 2 heterocycles. The zero-order chi connectivity index (χ0) is 32.9. The lowest BCUT2D eigenvalue weighted by Crippen LogP contribution is -2.55. The van der Waals surface area contributed by atoms with E-state index in [4.69, 9.17) is 58.6 Å². The molecule has 0 bridgehead atoms. The summed E-state index contributed by atoms with van der Waals surface area (Å²) in [4.78, 5) is 15.0. The summed E-state index contributed by atoms with van der Waals surface area (Å²) in [5.74, 6) is 1.48. The highest BCUT2D eigenvalue weighted by atomic mass is 16.3. The van der Waals surface area contributed by atoms with E-state index in [1.807, 2.05) is 103 Å². The van der Waals surface area contributed by atoms with Gasteiger partial charge in [0, 0.05) is 27.5 Å². The van der Waals surface area contributed by atoms with Gasteiger partial charge in [0.05, 0.1) is 0 Å². The minimum absolute atomic E-state index is 0.163. The van der Waals surface area contributed by atoms with Gasteiger partial charge < -0.3 is 4.42 Å². The molecule has 0 saturated heterocycles. The van der Waals surface area contributed by atoms with Crippen LogP contribution < -0.4 is 27.3 Å². The third-order valence-electron chi connectivity index (χ3n) is 8.62. The van der Waals surface area contributed by atoms with Gasteiger partial charge in [0.25, 0.3) is 0 Å². The summed E-state index contributed by atoms with van der Waals surface area (Å²) in [6.07, 6.45) is 0. The van der Waals surface area contributed by atoms with Gasteiger partial charge in [-0.3, -0.25) is 0 Å². The minimum atomic E-state index is 0.163. The lowest BCUT2D eigenvalue weighted by Gasteiger charge is -2.21. The Kier molecular flexibility index (Phi) is 7.41. The number of hydrogen-bond donors (Lipinski definition) is 0. The molecule has 48 heavy (non-hydrogen) atoms. The largest absolute Gasteiger partial charge is 0.456 e. The lowest BCUT2D eigenvalue weighted by atomic mass is 9.59. The summed E-state index contributed by atoms with van der Waals surface area (Å²) in [5, 5.41) is 1.91. The highest BCUT2D eigenvalue weighted by Crippen LogP contribution is 2.41. The number of benzene rings is 6. The van der Waals surface area contributed by atoms with Crippen molar-refractivity contribution in [3.63, 3.8) is 0 Å². The number of furan rings is 1. The van der Waals surface area contributed by atoms with Crippen LogP contribution in [-0.4, -0.2) is 54.2 Å². The smallest absolute Gasteiger partial charge is 0.164 e. The van der Waals surface area contributed by atoms with Crippen LogP contribution in [0.5, 0.6) is 0 Å². The van der Waals surface area contributed by atoms with Crippen LogP contribution in [0, 0.1) is 0 Å². The molecule has 0 unspecified atom stereocenters. The summed E-state index contributed by atoms with van der Waals surface area (Å²) in [7, 11) is 31.3. The van der Waals surface area contributed by atoms with Crippen molar-refractivity contribution in [3.05, 3.63) is 121 Å². The van der Waals surface area contributed by atoms with Gasteiger partial charge in [-0.1, -0.05) is 114 Å². The van der Waals surface area contributed by atoms with Crippen molar-refractivity contribution in [2.45, 2.75) is 0 Å². The molecule has 4 nitrogen and oxygen atoms in total. The molecule has 0 fully saturated rings. The van der Waals surface area contributed by atoms with Crippen LogP contribution in [0.2, 0.25) is 0 Å². The van der Waals surface area contributed by atoms with Gasteiger partial charge in [-0.2, -0.15) is 0 Å². The Morgan fingerprint density at radius 1 is 0.375 bits per heavy atom. The number of aromatic nitrogens is 3. The number of fused-ring (bicyclic) bond motifs is 3. The van der Waals surface area contributed by atoms with Crippen molar-refractivity contribution in [3.8, 4) is 56.4 Å². The Hall–Kier alpha value is -5.55. The molecule has 0 atom stereocenters. The molecular formula is C39H20B5N3O. The molecule has 2 aromatic heterocycles. The number of hydrogen-bond acceptors (Lipinski definition) is 4. The van der Waals surface area contributed by atoms with Gasteiger partial charge in [-0.05, 0) is 40.5 Å². The van der Waals surface area contributed by atoms with E-state index in [-0.39, 0.29) is 27.3 Å². The van der Waals surface area contributed by atoms with Crippen molar-refractivity contribution < 1.29 is 4.42 Å². The van der Waals surface area contributed by atoms with E-state index >= 15 is 0 Å². The van der Waals surface area contributed by atoms with Crippen LogP contribution in [0.3, 0.4) is 0 Å². The fraction of sp³-hybridized carbons (Fsp3) is 0. The molecule has 8 aromatic rings. The number of nitrogens with zero attached hydrogens (tertiary/aromatic N) is 3. The lowest BCUT2D eigenvalue weighted by molar-refractivity contribution is 0.669. The zero-order valence-corrected chi connectivity index (χ0v) is 25.7. The molecule has 9 heteroatoms. The molecule has 10 radical (unpaired) electrons. The summed E-state index contributed by atoms with van der Waals surface area (Å²) < 4.78 is 6.40. The highest BCUT2D eigenvalue weighted by Gasteiger charge is 2.20. The van der Waals surface area contributed by atoms with Crippen LogP contribution in [0.1, 0.15) is 0 Å². The third kappa shape index (κ3) is 4.98. The first-order chi connectivity index (χ1) is 23.4. The fourth-order valence-electron chi connectivity index (χ4n) is 6.23. The van der Waals surface area contributed by atoms with E-state index in [2.05, 4.69) is 18.2 Å². The van der Waals surface area contributed by atoms with Crippen molar-refractivity contribution in [1.29, 1.82) is 0 Å². The van der Waals surface area contributed by atoms with Crippen molar-refractivity contribution in [2.75, 3.05) is 0 Å². The van der Waals surface area contributed by atoms with Gasteiger partial charge in [0.1, 0.15) is 50.4 Å². The van der Waals surface area contributed by atoms with E-state index < -0.39 is 0 Å². The summed E-state index contributed by atoms with van der Waals surface area (Å²) in [6.45, 7) is 0. The topological polar surface area (TPSA) is 51.8 Å². The Balaban J connectivity index is 1.38. The van der Waals surface area contributed by atoms with Crippen LogP contribution in [-0.2, 0) is 0 Å². The summed E-state index contributed by atoms with van der Waals surface area (Å²) >= 11 is 0. The van der Waals surface area contributed by atoms with E-state index in [0.717, 1.165) is 49.8 Å². The van der Waals surface area contributed by atoms with E-state index in [9.17, 15) is 0 Å². The van der Waals surface area contributed by atoms with Gasteiger partial charge >= 0.3 is 0 Å². The minimum Gasteiger partial charge on any atom is -0.456 e. The van der Waals surface area contributed by atoms with Gasteiger partial charge in [-0.15, -0.1) is 16.4 Å². The zero-order valence-electron chi connectivity index (χ0n) is 25.7. The molecule has 0 saturated carbocycles. The fourth-order valence-corrected chi connectivity index (χ4v) is 6.23. The Morgan fingerprint density at radius 3 is 1.48 bits per heavy atom. The third-order valence-corrected chi connectivity index (χ3v) is 8.62. The average molecular weight is 601 g/mol. The standard InChI is InChI=1S/C39H20B5N3O/c40-32-29(33(41)35(43)36(44)34(32)42)23-14-7-15-24(20-23)38-45-37(22-12-5-2-6-13-22)46-39(47-38)26-17-9-19-28-31(26)30-25(16-8-18-27(30)48-28)21-10-3-1-4-11-21/h1-20H. The molecule has 0 amide bonds. The second kappa shape index (κ2) is 11.9. The molecular weight excluding hydrogens is 581 g/mol. The second-order valence-electron chi connectivity index (χ2n) is 11.5. The molecule has 212 valence electrons. The van der Waals surface area contributed by atoms with Crippen molar-refractivity contribution >= 4 is 88.5 Å². The molecule has 0 aliphatic rings. The van der Waals surface area contributed by atoms with E-state index in [1.165, 1.54) is 0 Å². The Morgan fingerprint density at radius 2 is 0.833 bits per heavy atom.